The normalized spacial score (nSPS) is 18.9. The van der Waals surface area contributed by atoms with E-state index in [0.29, 0.717) is 66.9 Å². The van der Waals surface area contributed by atoms with Crippen molar-refractivity contribution < 1.29 is 18.8 Å². The minimum absolute atomic E-state index is 0.00417. The fraction of sp³-hybridized carbons (Fsp3) is 0.375. The van der Waals surface area contributed by atoms with Gasteiger partial charge in [0.05, 0.1) is 5.92 Å². The number of piperidine rings is 1. The molecule has 0 bridgehead atoms. The monoisotopic (exact) mass is 491 g/mol. The maximum Gasteiger partial charge on any atom is 0.254 e. The number of nitrogens with zero attached hydrogens (tertiary/aromatic N) is 3. The van der Waals surface area contributed by atoms with Crippen LogP contribution in [0.25, 0.3) is 0 Å². The largest absolute Gasteiger partial charge is 0.339 e. The van der Waals surface area contributed by atoms with Gasteiger partial charge in [-0.05, 0) is 55.3 Å². The van der Waals surface area contributed by atoms with Crippen LogP contribution in [0.2, 0.25) is 10.0 Å². The molecule has 2 fully saturated rings. The van der Waals surface area contributed by atoms with Crippen LogP contribution in [-0.4, -0.2) is 71.7 Å². The Balaban J connectivity index is 1.34. The van der Waals surface area contributed by atoms with Gasteiger partial charge in [0.25, 0.3) is 11.8 Å². The second-order valence-electron chi connectivity index (χ2n) is 8.37. The molecule has 2 aliphatic heterocycles. The zero-order valence-corrected chi connectivity index (χ0v) is 19.5. The summed E-state index contributed by atoms with van der Waals surface area (Å²) in [6.45, 7) is 2.61. The molecule has 2 heterocycles. The summed E-state index contributed by atoms with van der Waals surface area (Å²) >= 11 is 12.0. The van der Waals surface area contributed by atoms with Crippen LogP contribution in [0.15, 0.2) is 42.5 Å². The zero-order chi connectivity index (χ0) is 23.5. The summed E-state index contributed by atoms with van der Waals surface area (Å²) in [5, 5.41) is 0.799. The van der Waals surface area contributed by atoms with Gasteiger partial charge < -0.3 is 14.7 Å². The Morgan fingerprint density at radius 3 is 1.97 bits per heavy atom. The summed E-state index contributed by atoms with van der Waals surface area (Å²) in [5.41, 5.74) is 0.840. The van der Waals surface area contributed by atoms with E-state index >= 15 is 0 Å². The first-order valence-corrected chi connectivity index (χ1v) is 11.7. The number of likely N-dealkylation sites (tertiary alicyclic amines) is 1. The molecule has 0 saturated carbocycles. The first kappa shape index (κ1) is 23.5. The Morgan fingerprint density at radius 1 is 0.758 bits per heavy atom. The molecule has 2 aromatic carbocycles. The topological polar surface area (TPSA) is 60.9 Å². The van der Waals surface area contributed by atoms with Crippen molar-refractivity contribution in [1.82, 2.24) is 14.7 Å². The molecule has 33 heavy (non-hydrogen) atoms. The van der Waals surface area contributed by atoms with E-state index < -0.39 is 5.82 Å². The number of halogens is 3. The Morgan fingerprint density at radius 2 is 1.33 bits per heavy atom. The Bertz CT molecular complexity index is 1040. The van der Waals surface area contributed by atoms with Crippen molar-refractivity contribution in [3.05, 3.63) is 69.5 Å². The van der Waals surface area contributed by atoms with E-state index in [9.17, 15) is 18.8 Å². The van der Waals surface area contributed by atoms with Crippen molar-refractivity contribution in [2.24, 2.45) is 5.92 Å². The van der Waals surface area contributed by atoms with Crippen molar-refractivity contribution in [1.29, 1.82) is 0 Å². The van der Waals surface area contributed by atoms with Gasteiger partial charge in [-0.25, -0.2) is 4.39 Å². The van der Waals surface area contributed by atoms with Crippen LogP contribution in [0.1, 0.15) is 33.6 Å². The average molecular weight is 492 g/mol. The summed E-state index contributed by atoms with van der Waals surface area (Å²) in [5.74, 6) is -1.03. The van der Waals surface area contributed by atoms with Crippen LogP contribution in [0, 0.1) is 11.7 Å². The van der Waals surface area contributed by atoms with Crippen molar-refractivity contribution in [3.8, 4) is 0 Å². The molecule has 0 N–H and O–H groups in total. The zero-order valence-electron chi connectivity index (χ0n) is 18.0. The fourth-order valence-corrected chi connectivity index (χ4v) is 4.91. The van der Waals surface area contributed by atoms with E-state index in [1.807, 2.05) is 0 Å². The van der Waals surface area contributed by atoms with Gasteiger partial charge in [-0.1, -0.05) is 23.2 Å². The highest BCUT2D eigenvalue weighted by Crippen LogP contribution is 2.23. The summed E-state index contributed by atoms with van der Waals surface area (Å²) in [6.07, 6.45) is 1.45. The van der Waals surface area contributed by atoms with Gasteiger partial charge in [-0.3, -0.25) is 14.4 Å². The molecule has 0 radical (unpaired) electrons. The summed E-state index contributed by atoms with van der Waals surface area (Å²) in [6, 6.07) is 10.2. The Hall–Kier alpha value is -2.64. The highest BCUT2D eigenvalue weighted by Gasteiger charge is 2.33. The van der Waals surface area contributed by atoms with Gasteiger partial charge in [-0.15, -0.1) is 0 Å². The van der Waals surface area contributed by atoms with Crippen LogP contribution in [0.4, 0.5) is 4.39 Å². The van der Waals surface area contributed by atoms with Crippen LogP contribution >= 0.6 is 23.2 Å². The predicted octanol–water partition coefficient (Wildman–Crippen LogP) is 3.97. The van der Waals surface area contributed by atoms with Crippen LogP contribution in [0.3, 0.4) is 0 Å². The third-order valence-electron chi connectivity index (χ3n) is 6.14. The van der Waals surface area contributed by atoms with Crippen molar-refractivity contribution in [2.45, 2.75) is 12.8 Å². The molecule has 1 unspecified atom stereocenters. The molecule has 174 valence electrons. The third kappa shape index (κ3) is 5.47. The number of amides is 3. The lowest BCUT2D eigenvalue weighted by molar-refractivity contribution is -0.138. The number of piperazine rings is 1. The van der Waals surface area contributed by atoms with E-state index in [4.69, 9.17) is 23.2 Å². The molecular weight excluding hydrogens is 468 g/mol. The molecule has 0 aliphatic carbocycles. The minimum Gasteiger partial charge on any atom is -0.339 e. The van der Waals surface area contributed by atoms with Crippen LogP contribution in [-0.2, 0) is 4.79 Å². The number of rotatable bonds is 3. The minimum atomic E-state index is -0.394. The maximum atomic E-state index is 13.2. The first-order valence-electron chi connectivity index (χ1n) is 10.9. The van der Waals surface area contributed by atoms with Crippen molar-refractivity contribution in [3.63, 3.8) is 0 Å². The van der Waals surface area contributed by atoms with Gasteiger partial charge in [0, 0.05) is 60.4 Å². The van der Waals surface area contributed by atoms with Gasteiger partial charge in [0.15, 0.2) is 0 Å². The number of benzene rings is 2. The van der Waals surface area contributed by atoms with E-state index in [0.717, 1.165) is 6.42 Å². The van der Waals surface area contributed by atoms with Crippen molar-refractivity contribution >= 4 is 40.9 Å². The summed E-state index contributed by atoms with van der Waals surface area (Å²) in [4.78, 5) is 43.8. The third-order valence-corrected chi connectivity index (χ3v) is 6.57. The molecule has 3 amide bonds. The van der Waals surface area contributed by atoms with E-state index in [1.54, 1.807) is 32.9 Å². The second kappa shape index (κ2) is 10.1. The number of carbonyl (C=O) groups excluding carboxylic acids is 3. The van der Waals surface area contributed by atoms with Gasteiger partial charge >= 0.3 is 0 Å². The summed E-state index contributed by atoms with van der Waals surface area (Å²) in [7, 11) is 0. The molecular formula is C24H24Cl2FN3O3. The molecule has 4 rings (SSSR count). The van der Waals surface area contributed by atoms with Gasteiger partial charge in [-0.2, -0.15) is 0 Å². The van der Waals surface area contributed by atoms with Gasteiger partial charge in [0.1, 0.15) is 5.82 Å². The first-order chi connectivity index (χ1) is 15.8. The number of carbonyl (C=O) groups is 3. The van der Waals surface area contributed by atoms with E-state index in [-0.39, 0.29) is 23.6 Å². The van der Waals surface area contributed by atoms with Crippen LogP contribution < -0.4 is 0 Å². The highest BCUT2D eigenvalue weighted by atomic mass is 35.5. The molecule has 6 nitrogen and oxygen atoms in total. The Labute approximate surface area is 201 Å². The lowest BCUT2D eigenvalue weighted by Crippen LogP contribution is -2.54. The van der Waals surface area contributed by atoms with Crippen molar-refractivity contribution in [2.75, 3.05) is 39.3 Å². The Kier molecular flexibility index (Phi) is 7.20. The highest BCUT2D eigenvalue weighted by molar-refractivity contribution is 6.35. The van der Waals surface area contributed by atoms with Gasteiger partial charge in [0.2, 0.25) is 5.91 Å². The quantitative estimate of drug-likeness (QED) is 0.652. The van der Waals surface area contributed by atoms with E-state index in [1.165, 1.54) is 24.3 Å². The molecule has 2 saturated heterocycles. The molecule has 2 aliphatic rings. The summed E-state index contributed by atoms with van der Waals surface area (Å²) < 4.78 is 13.2. The lowest BCUT2D eigenvalue weighted by Gasteiger charge is -2.39. The molecule has 2 aromatic rings. The predicted molar refractivity (Wildman–Crippen MR) is 124 cm³/mol. The van der Waals surface area contributed by atoms with E-state index in [2.05, 4.69) is 0 Å². The second-order valence-corrected chi connectivity index (χ2v) is 9.25. The molecule has 0 spiro atoms. The SMILES string of the molecule is O=C(c1cc(Cl)cc(Cl)c1)N1CCN(C(=O)C2CCCN(C(=O)c3ccc(F)cc3)C2)CC1. The maximum absolute atomic E-state index is 13.2. The standard InChI is InChI=1S/C24H24Cl2FN3O3/c25-19-12-18(13-20(26)14-19)24(33)29-10-8-28(9-11-29)23(32)17-2-1-7-30(15-17)22(31)16-3-5-21(27)6-4-16/h3-6,12-14,17H,1-2,7-11,15H2. The smallest absolute Gasteiger partial charge is 0.254 e. The lowest BCUT2D eigenvalue weighted by atomic mass is 9.95. The molecule has 1 atom stereocenters. The van der Waals surface area contributed by atoms with Crippen LogP contribution in [0.5, 0.6) is 0 Å². The molecule has 0 aromatic heterocycles. The number of hydrogen-bond acceptors (Lipinski definition) is 3. The fourth-order valence-electron chi connectivity index (χ4n) is 4.39. The molecule has 9 heteroatoms. The number of hydrogen-bond donors (Lipinski definition) is 0. The average Bonchev–Trinajstić information content (AvgIpc) is 2.83.